The van der Waals surface area contributed by atoms with Gasteiger partial charge in [0.15, 0.2) is 0 Å². The van der Waals surface area contributed by atoms with Crippen LogP contribution in [-0.2, 0) is 0 Å². The highest BCUT2D eigenvalue weighted by Crippen LogP contribution is 2.14. The summed E-state index contributed by atoms with van der Waals surface area (Å²) >= 11 is 0. The summed E-state index contributed by atoms with van der Waals surface area (Å²) in [6.07, 6.45) is 9.87. The zero-order valence-corrected chi connectivity index (χ0v) is 7.54. The minimum atomic E-state index is 1.05. The fourth-order valence-electron chi connectivity index (χ4n) is 1.25. The molecule has 1 aliphatic carbocycles. The summed E-state index contributed by atoms with van der Waals surface area (Å²) in [6.45, 7) is 5.72. The predicted octanol–water partition coefficient (Wildman–Crippen LogP) is 2.69. The van der Waals surface area contributed by atoms with E-state index < -0.39 is 0 Å². The molecule has 0 fully saturated rings. The first-order valence-corrected chi connectivity index (χ1v) is 3.95. The van der Waals surface area contributed by atoms with E-state index in [-0.39, 0.29) is 0 Å². The van der Waals surface area contributed by atoms with Gasteiger partial charge in [0.25, 0.3) is 0 Å². The molecule has 0 aromatic rings. The Balaban J connectivity index is 3.09. The fraction of sp³-hybridized carbons (Fsp3) is 0.182. The summed E-state index contributed by atoms with van der Waals surface area (Å²) in [7, 11) is 1.81. The molecule has 1 aliphatic rings. The molecule has 0 amide bonds. The predicted molar refractivity (Wildman–Crippen MR) is 54.5 cm³/mol. The molecule has 0 aliphatic heterocycles. The Bertz CT molecular complexity index is 298. The Kier molecular flexibility index (Phi) is 2.81. The molecule has 62 valence electrons. The SMILES string of the molecule is C=C/C=C1/C=CC=C(C)C1=NC. The molecule has 0 heterocycles. The lowest BCUT2D eigenvalue weighted by molar-refractivity contribution is 1.39. The zero-order valence-electron chi connectivity index (χ0n) is 7.54. The van der Waals surface area contributed by atoms with Crippen LogP contribution in [-0.4, -0.2) is 12.8 Å². The third kappa shape index (κ3) is 1.62. The molecule has 0 saturated heterocycles. The largest absolute Gasteiger partial charge is 0.288 e. The van der Waals surface area contributed by atoms with Crippen LogP contribution < -0.4 is 0 Å². The van der Waals surface area contributed by atoms with E-state index in [2.05, 4.69) is 24.6 Å². The second-order valence-corrected chi connectivity index (χ2v) is 2.64. The minimum absolute atomic E-state index is 1.05. The van der Waals surface area contributed by atoms with Crippen molar-refractivity contribution >= 4 is 5.71 Å². The van der Waals surface area contributed by atoms with Crippen molar-refractivity contribution in [3.8, 4) is 0 Å². The summed E-state index contributed by atoms with van der Waals surface area (Å²) in [4.78, 5) is 4.21. The van der Waals surface area contributed by atoms with Gasteiger partial charge in [0.05, 0.1) is 5.71 Å². The van der Waals surface area contributed by atoms with Crippen LogP contribution >= 0.6 is 0 Å². The number of allylic oxidation sites excluding steroid dienone is 7. The number of hydrogen-bond acceptors (Lipinski definition) is 1. The maximum absolute atomic E-state index is 4.21. The molecule has 0 atom stereocenters. The maximum Gasteiger partial charge on any atom is 0.0672 e. The molecule has 12 heavy (non-hydrogen) atoms. The first-order valence-electron chi connectivity index (χ1n) is 3.95. The molecule has 0 N–H and O–H groups in total. The van der Waals surface area contributed by atoms with Gasteiger partial charge in [-0.25, -0.2) is 0 Å². The van der Waals surface area contributed by atoms with Crippen LogP contribution in [0, 0.1) is 0 Å². The van der Waals surface area contributed by atoms with Gasteiger partial charge in [-0.1, -0.05) is 37.0 Å². The number of hydrogen-bond donors (Lipinski definition) is 0. The standard InChI is InChI=1S/C11H13N/c1-4-6-10-8-5-7-9(2)11(10)12-3/h4-8H,1H2,2-3H3/b10-6-,12-11?. The van der Waals surface area contributed by atoms with Crippen molar-refractivity contribution in [1.29, 1.82) is 0 Å². The van der Waals surface area contributed by atoms with Crippen molar-refractivity contribution in [1.82, 2.24) is 0 Å². The molecule has 0 bridgehead atoms. The summed E-state index contributed by atoms with van der Waals surface area (Å²) in [5.41, 5.74) is 3.39. The highest BCUT2D eigenvalue weighted by molar-refractivity contribution is 6.15. The quantitative estimate of drug-likeness (QED) is 0.557. The third-order valence-electron chi connectivity index (χ3n) is 1.79. The highest BCUT2D eigenvalue weighted by atomic mass is 14.7. The first kappa shape index (κ1) is 8.72. The van der Waals surface area contributed by atoms with E-state index in [4.69, 9.17) is 0 Å². The van der Waals surface area contributed by atoms with E-state index >= 15 is 0 Å². The molecule has 1 nitrogen and oxygen atoms in total. The van der Waals surface area contributed by atoms with E-state index in [0.717, 1.165) is 11.3 Å². The van der Waals surface area contributed by atoms with Gasteiger partial charge in [0.2, 0.25) is 0 Å². The number of nitrogens with zero attached hydrogens (tertiary/aromatic N) is 1. The van der Waals surface area contributed by atoms with Gasteiger partial charge in [-0.2, -0.15) is 0 Å². The molecule has 0 spiro atoms. The molecule has 1 rings (SSSR count). The topological polar surface area (TPSA) is 12.4 Å². The van der Waals surface area contributed by atoms with Crippen LogP contribution in [0.2, 0.25) is 0 Å². The Hall–Kier alpha value is -1.37. The lowest BCUT2D eigenvalue weighted by Gasteiger charge is -2.09. The molecule has 0 radical (unpaired) electrons. The lowest BCUT2D eigenvalue weighted by atomic mass is 9.98. The summed E-state index contributed by atoms with van der Waals surface area (Å²) in [5.74, 6) is 0. The van der Waals surface area contributed by atoms with Crippen molar-refractivity contribution in [2.45, 2.75) is 6.92 Å². The number of aliphatic imine (C=N–C) groups is 1. The zero-order chi connectivity index (χ0) is 8.97. The molecule has 0 unspecified atom stereocenters. The van der Waals surface area contributed by atoms with Gasteiger partial charge >= 0.3 is 0 Å². The van der Waals surface area contributed by atoms with E-state index in [1.165, 1.54) is 5.57 Å². The van der Waals surface area contributed by atoms with E-state index in [1.54, 1.807) is 6.08 Å². The molecule has 0 aromatic heterocycles. The Morgan fingerprint density at radius 2 is 2.25 bits per heavy atom. The third-order valence-corrected chi connectivity index (χ3v) is 1.79. The summed E-state index contributed by atoms with van der Waals surface area (Å²) in [5, 5.41) is 0. The normalized spacial score (nSPS) is 23.0. The van der Waals surface area contributed by atoms with Gasteiger partial charge in [0, 0.05) is 7.05 Å². The van der Waals surface area contributed by atoms with Gasteiger partial charge < -0.3 is 0 Å². The van der Waals surface area contributed by atoms with Crippen LogP contribution in [0.3, 0.4) is 0 Å². The second-order valence-electron chi connectivity index (χ2n) is 2.64. The fourth-order valence-corrected chi connectivity index (χ4v) is 1.25. The summed E-state index contributed by atoms with van der Waals surface area (Å²) in [6, 6.07) is 0. The molecule has 0 aromatic carbocycles. The van der Waals surface area contributed by atoms with Crippen LogP contribution in [0.5, 0.6) is 0 Å². The monoisotopic (exact) mass is 159 g/mol. The van der Waals surface area contributed by atoms with E-state index in [0.29, 0.717) is 0 Å². The highest BCUT2D eigenvalue weighted by Gasteiger charge is 2.07. The van der Waals surface area contributed by atoms with Crippen molar-refractivity contribution in [2.24, 2.45) is 4.99 Å². The van der Waals surface area contributed by atoms with Gasteiger partial charge in [-0.3, -0.25) is 4.99 Å². The molecule has 0 saturated carbocycles. The minimum Gasteiger partial charge on any atom is -0.288 e. The average Bonchev–Trinajstić information content (AvgIpc) is 2.05. The average molecular weight is 159 g/mol. The van der Waals surface area contributed by atoms with Gasteiger partial charge in [-0.15, -0.1) is 0 Å². The maximum atomic E-state index is 4.21. The lowest BCUT2D eigenvalue weighted by Crippen LogP contribution is -2.05. The van der Waals surface area contributed by atoms with Crippen LogP contribution in [0.4, 0.5) is 0 Å². The Morgan fingerprint density at radius 3 is 2.83 bits per heavy atom. The van der Waals surface area contributed by atoms with Crippen molar-refractivity contribution in [3.63, 3.8) is 0 Å². The first-order chi connectivity index (χ1) is 5.79. The van der Waals surface area contributed by atoms with Crippen molar-refractivity contribution in [3.05, 3.63) is 48.1 Å². The molecular formula is C11H13N. The van der Waals surface area contributed by atoms with E-state index in [1.807, 2.05) is 25.3 Å². The van der Waals surface area contributed by atoms with Crippen molar-refractivity contribution in [2.75, 3.05) is 7.05 Å². The van der Waals surface area contributed by atoms with Crippen LogP contribution in [0.15, 0.2) is 53.1 Å². The van der Waals surface area contributed by atoms with Crippen molar-refractivity contribution < 1.29 is 0 Å². The van der Waals surface area contributed by atoms with Gasteiger partial charge in [-0.05, 0) is 18.1 Å². The Morgan fingerprint density at radius 1 is 1.50 bits per heavy atom. The molecular weight excluding hydrogens is 146 g/mol. The summed E-state index contributed by atoms with van der Waals surface area (Å²) < 4.78 is 0. The smallest absolute Gasteiger partial charge is 0.0672 e. The Labute approximate surface area is 73.5 Å². The molecule has 1 heteroatoms. The van der Waals surface area contributed by atoms with Crippen LogP contribution in [0.1, 0.15) is 6.92 Å². The van der Waals surface area contributed by atoms with Crippen LogP contribution in [0.25, 0.3) is 0 Å². The number of rotatable bonds is 1. The van der Waals surface area contributed by atoms with E-state index in [9.17, 15) is 0 Å². The second kappa shape index (κ2) is 3.86. The van der Waals surface area contributed by atoms with Gasteiger partial charge in [0.1, 0.15) is 0 Å².